The number of aliphatic hydroxyl groups is 4. The molecule has 0 saturated carbocycles. The summed E-state index contributed by atoms with van der Waals surface area (Å²) < 4.78 is 0. The standard InChI is InChI=1S/C28H50O6/c1-7-26(32)20(6)12-19(5)11-18(4)8-9-22(29)16-27(33)25(10-17(2)3)28(34)21-13-23(30)15-24(31)14-21/h13-15,17-20,22,25-34H,7-12,16H2,1-6H3/t18-,19-,20-,22-,25-,26?,27-,28+/m1/s1. The third-order valence-electron chi connectivity index (χ3n) is 7.07. The molecule has 0 fully saturated rings. The van der Waals surface area contributed by atoms with E-state index in [1.165, 1.54) is 18.2 Å². The van der Waals surface area contributed by atoms with Gasteiger partial charge < -0.3 is 30.6 Å². The van der Waals surface area contributed by atoms with Gasteiger partial charge in [-0.25, -0.2) is 0 Å². The van der Waals surface area contributed by atoms with Gasteiger partial charge in [-0.1, -0.05) is 41.5 Å². The second-order valence-electron chi connectivity index (χ2n) is 11.2. The van der Waals surface area contributed by atoms with Crippen molar-refractivity contribution >= 4 is 0 Å². The van der Waals surface area contributed by atoms with Gasteiger partial charge in [0.15, 0.2) is 0 Å². The fraction of sp³-hybridized carbons (Fsp3) is 0.786. The van der Waals surface area contributed by atoms with Crippen LogP contribution < -0.4 is 0 Å². The van der Waals surface area contributed by atoms with Crippen LogP contribution in [0.3, 0.4) is 0 Å². The van der Waals surface area contributed by atoms with E-state index in [1.807, 2.05) is 20.8 Å². The summed E-state index contributed by atoms with van der Waals surface area (Å²) in [5, 5.41) is 62.0. The van der Waals surface area contributed by atoms with E-state index in [9.17, 15) is 30.6 Å². The van der Waals surface area contributed by atoms with Crippen molar-refractivity contribution in [2.45, 2.75) is 111 Å². The molecule has 0 aliphatic carbocycles. The molecule has 0 saturated heterocycles. The Balaban J connectivity index is 2.63. The highest BCUT2D eigenvalue weighted by Crippen LogP contribution is 2.35. The molecule has 6 heteroatoms. The van der Waals surface area contributed by atoms with E-state index in [2.05, 4.69) is 20.8 Å². The minimum absolute atomic E-state index is 0.145. The zero-order valence-corrected chi connectivity index (χ0v) is 22.1. The minimum Gasteiger partial charge on any atom is -0.508 e. The molecule has 1 aromatic rings. The van der Waals surface area contributed by atoms with Crippen molar-refractivity contribution in [3.8, 4) is 11.5 Å². The molecule has 198 valence electrons. The smallest absolute Gasteiger partial charge is 0.119 e. The molecule has 1 rings (SSSR count). The largest absolute Gasteiger partial charge is 0.508 e. The van der Waals surface area contributed by atoms with Gasteiger partial charge in [0.1, 0.15) is 11.5 Å². The first-order valence-corrected chi connectivity index (χ1v) is 13.1. The van der Waals surface area contributed by atoms with Gasteiger partial charge in [-0.2, -0.15) is 0 Å². The van der Waals surface area contributed by atoms with Gasteiger partial charge in [0.05, 0.1) is 24.4 Å². The van der Waals surface area contributed by atoms with E-state index < -0.39 is 24.2 Å². The number of phenolic OH excluding ortho intramolecular Hbond substituents is 2. The summed E-state index contributed by atoms with van der Waals surface area (Å²) in [4.78, 5) is 0. The van der Waals surface area contributed by atoms with Gasteiger partial charge in [-0.3, -0.25) is 0 Å². The SMILES string of the molecule is CCC(O)[C@H](C)C[C@H](C)C[C@H](C)CC[C@@H](O)C[C@@H](O)[C@@H](CC(C)C)[C@@H](O)c1cc(O)cc(O)c1. The number of aromatic hydroxyl groups is 2. The molecule has 6 nitrogen and oxygen atoms in total. The van der Waals surface area contributed by atoms with E-state index in [-0.39, 0.29) is 35.9 Å². The van der Waals surface area contributed by atoms with E-state index >= 15 is 0 Å². The second kappa shape index (κ2) is 14.9. The van der Waals surface area contributed by atoms with Crippen molar-refractivity contribution in [3.63, 3.8) is 0 Å². The molecular weight excluding hydrogens is 432 g/mol. The van der Waals surface area contributed by atoms with Crippen LogP contribution in [0.2, 0.25) is 0 Å². The maximum atomic E-state index is 10.9. The Kier molecular flexibility index (Phi) is 13.5. The molecule has 0 aliphatic heterocycles. The van der Waals surface area contributed by atoms with Gasteiger partial charge in [0, 0.05) is 12.0 Å². The summed E-state index contributed by atoms with van der Waals surface area (Å²) in [6.45, 7) is 12.5. The summed E-state index contributed by atoms with van der Waals surface area (Å²) in [5.41, 5.74) is 0.349. The highest BCUT2D eigenvalue weighted by Gasteiger charge is 2.31. The fourth-order valence-electron chi connectivity index (χ4n) is 5.22. The van der Waals surface area contributed by atoms with Crippen molar-refractivity contribution < 1.29 is 30.6 Å². The number of phenols is 2. The van der Waals surface area contributed by atoms with E-state index in [0.29, 0.717) is 30.2 Å². The maximum Gasteiger partial charge on any atom is 0.119 e. The fourth-order valence-corrected chi connectivity index (χ4v) is 5.22. The molecule has 0 spiro atoms. The van der Waals surface area contributed by atoms with Crippen LogP contribution in [0, 0.1) is 29.6 Å². The summed E-state index contributed by atoms with van der Waals surface area (Å²) in [7, 11) is 0. The highest BCUT2D eigenvalue weighted by atomic mass is 16.3. The van der Waals surface area contributed by atoms with Crippen LogP contribution >= 0.6 is 0 Å². The molecule has 34 heavy (non-hydrogen) atoms. The molecular formula is C28H50O6. The predicted octanol–water partition coefficient (Wildman–Crippen LogP) is 5.15. The van der Waals surface area contributed by atoms with Gasteiger partial charge >= 0.3 is 0 Å². The zero-order chi connectivity index (χ0) is 26.0. The Hall–Kier alpha value is -1.34. The Bertz CT molecular complexity index is 673. The molecule has 0 aromatic heterocycles. The Morgan fingerprint density at radius 3 is 1.79 bits per heavy atom. The number of rotatable bonds is 16. The van der Waals surface area contributed by atoms with Gasteiger partial charge in [-0.15, -0.1) is 0 Å². The summed E-state index contributed by atoms with van der Waals surface area (Å²) >= 11 is 0. The summed E-state index contributed by atoms with van der Waals surface area (Å²) in [6, 6.07) is 3.98. The van der Waals surface area contributed by atoms with E-state index in [4.69, 9.17) is 0 Å². The number of hydrogen-bond acceptors (Lipinski definition) is 6. The number of hydrogen-bond donors (Lipinski definition) is 6. The first-order valence-electron chi connectivity index (χ1n) is 13.1. The normalized spacial score (nSPS) is 19.3. The predicted molar refractivity (Wildman–Crippen MR) is 137 cm³/mol. The molecule has 6 N–H and O–H groups in total. The molecule has 0 radical (unpaired) electrons. The third-order valence-corrected chi connectivity index (χ3v) is 7.07. The number of aliphatic hydroxyl groups excluding tert-OH is 4. The van der Waals surface area contributed by atoms with Gasteiger partial charge in [-0.05, 0) is 86.3 Å². The lowest BCUT2D eigenvalue weighted by Crippen LogP contribution is -2.31. The van der Waals surface area contributed by atoms with Crippen LogP contribution in [0.4, 0.5) is 0 Å². The molecule has 1 aromatic carbocycles. The minimum atomic E-state index is -1.07. The maximum absolute atomic E-state index is 10.9. The van der Waals surface area contributed by atoms with E-state index in [0.717, 1.165) is 25.7 Å². The molecule has 8 atom stereocenters. The number of benzene rings is 1. The van der Waals surface area contributed by atoms with Crippen LogP contribution in [0.5, 0.6) is 11.5 Å². The van der Waals surface area contributed by atoms with Crippen LogP contribution in [0.1, 0.15) is 98.2 Å². The topological polar surface area (TPSA) is 121 Å². The Morgan fingerprint density at radius 1 is 0.676 bits per heavy atom. The van der Waals surface area contributed by atoms with Crippen molar-refractivity contribution in [2.75, 3.05) is 0 Å². The van der Waals surface area contributed by atoms with Crippen molar-refractivity contribution in [3.05, 3.63) is 23.8 Å². The molecule has 1 unspecified atom stereocenters. The zero-order valence-electron chi connectivity index (χ0n) is 22.1. The summed E-state index contributed by atoms with van der Waals surface area (Å²) in [5.74, 6) is 0.610. The van der Waals surface area contributed by atoms with Crippen LogP contribution in [-0.2, 0) is 0 Å². The lowest BCUT2D eigenvalue weighted by molar-refractivity contribution is -0.0255. The molecule has 0 heterocycles. The van der Waals surface area contributed by atoms with Crippen molar-refractivity contribution in [2.24, 2.45) is 29.6 Å². The van der Waals surface area contributed by atoms with Gasteiger partial charge in [0.25, 0.3) is 0 Å². The second-order valence-corrected chi connectivity index (χ2v) is 11.2. The van der Waals surface area contributed by atoms with Crippen LogP contribution in [-0.4, -0.2) is 49.0 Å². The summed E-state index contributed by atoms with van der Waals surface area (Å²) in [6.07, 6.45) is 2.03. The lowest BCUT2D eigenvalue weighted by Gasteiger charge is -2.31. The molecule has 0 amide bonds. The highest BCUT2D eigenvalue weighted by molar-refractivity contribution is 5.37. The van der Waals surface area contributed by atoms with E-state index in [1.54, 1.807) is 0 Å². The average Bonchev–Trinajstić information content (AvgIpc) is 2.73. The van der Waals surface area contributed by atoms with Crippen LogP contribution in [0.15, 0.2) is 18.2 Å². The Labute approximate surface area is 206 Å². The third kappa shape index (κ3) is 10.9. The first-order chi connectivity index (χ1) is 15.8. The average molecular weight is 483 g/mol. The first kappa shape index (κ1) is 30.7. The van der Waals surface area contributed by atoms with Crippen molar-refractivity contribution in [1.82, 2.24) is 0 Å². The van der Waals surface area contributed by atoms with Crippen molar-refractivity contribution in [1.29, 1.82) is 0 Å². The van der Waals surface area contributed by atoms with Crippen LogP contribution in [0.25, 0.3) is 0 Å². The van der Waals surface area contributed by atoms with Gasteiger partial charge in [0.2, 0.25) is 0 Å². The molecule has 0 bridgehead atoms. The monoisotopic (exact) mass is 482 g/mol. The quantitative estimate of drug-likeness (QED) is 0.194. The molecule has 0 aliphatic rings. The lowest BCUT2D eigenvalue weighted by atomic mass is 9.81. The Morgan fingerprint density at radius 2 is 1.26 bits per heavy atom.